The van der Waals surface area contributed by atoms with Crippen LogP contribution in [0.2, 0.25) is 0 Å². The van der Waals surface area contributed by atoms with Crippen LogP contribution in [0.3, 0.4) is 0 Å². The fourth-order valence-corrected chi connectivity index (χ4v) is 2.43. The lowest BCUT2D eigenvalue weighted by Crippen LogP contribution is -2.26. The molecule has 0 aliphatic heterocycles. The quantitative estimate of drug-likeness (QED) is 0.781. The summed E-state index contributed by atoms with van der Waals surface area (Å²) in [6.07, 6.45) is 0. The molecule has 1 heterocycles. The molecule has 0 bridgehead atoms. The molecule has 3 rings (SSSR count). The number of carbonyl (C=O) groups excluding carboxylic acids is 1. The first kappa shape index (κ1) is 14.8. The maximum atomic E-state index is 12.0. The number of hydrogen-bond donors (Lipinski definition) is 2. The molecule has 0 spiro atoms. The van der Waals surface area contributed by atoms with Gasteiger partial charge in [-0.05, 0) is 28.8 Å². The van der Waals surface area contributed by atoms with Gasteiger partial charge in [0, 0.05) is 12.7 Å². The molecule has 0 saturated heterocycles. The second kappa shape index (κ2) is 6.32. The Hall–Kier alpha value is -3.14. The van der Waals surface area contributed by atoms with Crippen LogP contribution >= 0.6 is 0 Å². The van der Waals surface area contributed by atoms with Crippen molar-refractivity contribution in [3.8, 4) is 22.4 Å². The molecular weight excluding hydrogens is 288 g/mol. The molecule has 1 amide bonds. The molecular formula is C19H16N2O2. The third-order valence-corrected chi connectivity index (χ3v) is 3.68. The minimum absolute atomic E-state index is 0.108. The van der Waals surface area contributed by atoms with Crippen LogP contribution in [0.15, 0.2) is 71.5 Å². The van der Waals surface area contributed by atoms with Gasteiger partial charge in [0.2, 0.25) is 0 Å². The van der Waals surface area contributed by atoms with Crippen molar-refractivity contribution in [1.82, 2.24) is 10.3 Å². The molecule has 0 saturated carbocycles. The van der Waals surface area contributed by atoms with E-state index in [1.165, 1.54) is 13.1 Å². The summed E-state index contributed by atoms with van der Waals surface area (Å²) >= 11 is 0. The first-order valence-electron chi connectivity index (χ1n) is 7.30. The maximum Gasteiger partial charge on any atom is 0.261 e. The molecule has 0 radical (unpaired) electrons. The Morgan fingerprint density at radius 1 is 0.826 bits per heavy atom. The van der Waals surface area contributed by atoms with E-state index in [1.807, 2.05) is 42.5 Å². The fourth-order valence-electron chi connectivity index (χ4n) is 2.43. The molecule has 0 unspecified atom stereocenters. The summed E-state index contributed by atoms with van der Waals surface area (Å²) in [7, 11) is 1.50. The van der Waals surface area contributed by atoms with Gasteiger partial charge in [0.25, 0.3) is 11.5 Å². The molecule has 2 aromatic carbocycles. The van der Waals surface area contributed by atoms with Crippen molar-refractivity contribution >= 4 is 5.91 Å². The highest BCUT2D eigenvalue weighted by molar-refractivity contribution is 5.93. The van der Waals surface area contributed by atoms with E-state index in [-0.39, 0.29) is 5.56 Å². The number of rotatable bonds is 3. The van der Waals surface area contributed by atoms with Gasteiger partial charge in [-0.25, -0.2) is 0 Å². The van der Waals surface area contributed by atoms with Gasteiger partial charge < -0.3 is 10.3 Å². The first-order valence-corrected chi connectivity index (χ1v) is 7.30. The van der Waals surface area contributed by atoms with Gasteiger partial charge in [0.05, 0.1) is 0 Å². The van der Waals surface area contributed by atoms with Gasteiger partial charge in [-0.1, -0.05) is 54.6 Å². The summed E-state index contributed by atoms with van der Waals surface area (Å²) in [6, 6.07) is 21.3. The smallest absolute Gasteiger partial charge is 0.261 e. The van der Waals surface area contributed by atoms with Crippen LogP contribution < -0.4 is 10.9 Å². The number of pyridine rings is 1. The zero-order chi connectivity index (χ0) is 16.2. The summed E-state index contributed by atoms with van der Waals surface area (Å²) in [4.78, 5) is 26.3. The van der Waals surface area contributed by atoms with Crippen LogP contribution in [-0.4, -0.2) is 17.9 Å². The molecule has 4 heteroatoms. The minimum Gasteiger partial charge on any atom is -0.355 e. The molecule has 3 aromatic rings. The van der Waals surface area contributed by atoms with Crippen molar-refractivity contribution in [3.05, 3.63) is 82.6 Å². The Bertz CT molecular complexity index is 881. The number of aromatic nitrogens is 1. The average molecular weight is 304 g/mol. The largest absolute Gasteiger partial charge is 0.355 e. The van der Waals surface area contributed by atoms with Crippen LogP contribution in [0.25, 0.3) is 22.4 Å². The van der Waals surface area contributed by atoms with E-state index in [2.05, 4.69) is 22.4 Å². The highest BCUT2D eigenvalue weighted by Crippen LogP contribution is 2.23. The molecule has 0 fully saturated rings. The van der Waals surface area contributed by atoms with Crippen molar-refractivity contribution in [3.63, 3.8) is 0 Å². The number of hydrogen-bond acceptors (Lipinski definition) is 2. The first-order chi connectivity index (χ1) is 11.2. The van der Waals surface area contributed by atoms with Gasteiger partial charge in [0.1, 0.15) is 5.56 Å². The van der Waals surface area contributed by atoms with Gasteiger partial charge in [-0.3, -0.25) is 9.59 Å². The van der Waals surface area contributed by atoms with Crippen LogP contribution in [0, 0.1) is 0 Å². The Morgan fingerprint density at radius 2 is 1.43 bits per heavy atom. The van der Waals surface area contributed by atoms with E-state index in [1.54, 1.807) is 6.07 Å². The topological polar surface area (TPSA) is 62.0 Å². The number of aromatic amines is 1. The SMILES string of the molecule is CNC(=O)c1ccc(-c2ccc(-c3ccccc3)cc2)[nH]c1=O. The molecule has 0 aliphatic carbocycles. The fraction of sp³-hybridized carbons (Fsp3) is 0.0526. The van der Waals surface area contributed by atoms with Crippen molar-refractivity contribution in [2.75, 3.05) is 7.05 Å². The third kappa shape index (κ3) is 3.06. The highest BCUT2D eigenvalue weighted by Gasteiger charge is 2.09. The van der Waals surface area contributed by atoms with Crippen molar-refractivity contribution < 1.29 is 4.79 Å². The molecule has 1 aromatic heterocycles. The monoisotopic (exact) mass is 304 g/mol. The Morgan fingerprint density at radius 3 is 2.04 bits per heavy atom. The molecule has 0 atom stereocenters. The predicted octanol–water partition coefficient (Wildman–Crippen LogP) is 3.07. The summed E-state index contributed by atoms with van der Waals surface area (Å²) in [6.45, 7) is 0. The predicted molar refractivity (Wildman–Crippen MR) is 91.3 cm³/mol. The van der Waals surface area contributed by atoms with E-state index in [4.69, 9.17) is 0 Å². The van der Waals surface area contributed by atoms with Crippen LogP contribution in [0.4, 0.5) is 0 Å². The van der Waals surface area contributed by atoms with Crippen molar-refractivity contribution in [2.24, 2.45) is 0 Å². The summed E-state index contributed by atoms with van der Waals surface area (Å²) in [5.41, 5.74) is 3.54. The Kier molecular flexibility index (Phi) is 4.06. The second-order valence-corrected chi connectivity index (χ2v) is 5.14. The average Bonchev–Trinajstić information content (AvgIpc) is 2.62. The van der Waals surface area contributed by atoms with E-state index < -0.39 is 11.5 Å². The molecule has 114 valence electrons. The van der Waals surface area contributed by atoms with E-state index in [0.29, 0.717) is 5.69 Å². The molecule has 23 heavy (non-hydrogen) atoms. The lowest BCUT2D eigenvalue weighted by Gasteiger charge is -2.06. The molecule has 2 N–H and O–H groups in total. The molecule has 0 aliphatic rings. The van der Waals surface area contributed by atoms with Crippen LogP contribution in [0.1, 0.15) is 10.4 Å². The summed E-state index contributed by atoms with van der Waals surface area (Å²) in [5, 5.41) is 2.45. The number of benzene rings is 2. The lowest BCUT2D eigenvalue weighted by atomic mass is 10.0. The number of nitrogens with one attached hydrogen (secondary N) is 2. The highest BCUT2D eigenvalue weighted by atomic mass is 16.2. The second-order valence-electron chi connectivity index (χ2n) is 5.14. The maximum absolute atomic E-state index is 12.0. The standard InChI is InChI=1S/C19H16N2O2/c1-20-18(22)16-11-12-17(21-19(16)23)15-9-7-14(8-10-15)13-5-3-2-4-6-13/h2-12H,1H3,(H,20,22)(H,21,23). The lowest BCUT2D eigenvalue weighted by molar-refractivity contribution is 0.0961. The van der Waals surface area contributed by atoms with E-state index in [0.717, 1.165) is 16.7 Å². The Balaban J connectivity index is 1.92. The van der Waals surface area contributed by atoms with Crippen LogP contribution in [0.5, 0.6) is 0 Å². The summed E-state index contributed by atoms with van der Waals surface area (Å²) in [5.74, 6) is -0.391. The normalized spacial score (nSPS) is 10.3. The molecule has 4 nitrogen and oxygen atoms in total. The zero-order valence-corrected chi connectivity index (χ0v) is 12.7. The van der Waals surface area contributed by atoms with Crippen molar-refractivity contribution in [2.45, 2.75) is 0 Å². The van der Waals surface area contributed by atoms with Gasteiger partial charge in [-0.2, -0.15) is 0 Å². The number of amides is 1. The summed E-state index contributed by atoms with van der Waals surface area (Å²) < 4.78 is 0. The van der Waals surface area contributed by atoms with Gasteiger partial charge >= 0.3 is 0 Å². The van der Waals surface area contributed by atoms with Crippen molar-refractivity contribution in [1.29, 1.82) is 0 Å². The minimum atomic E-state index is -0.394. The zero-order valence-electron chi connectivity index (χ0n) is 12.7. The number of H-pyrrole nitrogens is 1. The van der Waals surface area contributed by atoms with Gasteiger partial charge in [0.15, 0.2) is 0 Å². The van der Waals surface area contributed by atoms with Gasteiger partial charge in [-0.15, -0.1) is 0 Å². The third-order valence-electron chi connectivity index (χ3n) is 3.68. The Labute approximate surface area is 133 Å². The van der Waals surface area contributed by atoms with Crippen LogP contribution in [-0.2, 0) is 0 Å². The van der Waals surface area contributed by atoms with E-state index in [9.17, 15) is 9.59 Å². The number of carbonyl (C=O) groups is 1. The van der Waals surface area contributed by atoms with E-state index >= 15 is 0 Å².